The minimum atomic E-state index is -0.224. The third-order valence-corrected chi connectivity index (χ3v) is 6.62. The lowest BCUT2D eigenvalue weighted by Crippen LogP contribution is -2.64. The Balaban J connectivity index is 1.51. The van der Waals surface area contributed by atoms with E-state index in [4.69, 9.17) is 4.74 Å². The summed E-state index contributed by atoms with van der Waals surface area (Å²) >= 11 is 0. The van der Waals surface area contributed by atoms with E-state index in [2.05, 4.69) is 41.7 Å². The number of carbonyl (C=O) groups is 1. The van der Waals surface area contributed by atoms with E-state index in [1.807, 2.05) is 36.9 Å². The highest BCUT2D eigenvalue weighted by atomic mass is 16.5. The van der Waals surface area contributed by atoms with Gasteiger partial charge in [0.05, 0.1) is 0 Å². The first-order valence-electron chi connectivity index (χ1n) is 10.8. The topological polar surface area (TPSA) is 41.6 Å². The Labute approximate surface area is 172 Å². The second kappa shape index (κ2) is 7.03. The van der Waals surface area contributed by atoms with Gasteiger partial charge in [-0.15, -0.1) is 0 Å². The Morgan fingerprint density at radius 2 is 1.72 bits per heavy atom. The van der Waals surface area contributed by atoms with E-state index in [9.17, 15) is 4.79 Å². The van der Waals surface area contributed by atoms with Crippen LogP contribution in [0.1, 0.15) is 54.6 Å². The maximum atomic E-state index is 12.7. The van der Waals surface area contributed by atoms with E-state index in [-0.39, 0.29) is 11.5 Å². The average Bonchev–Trinajstić information content (AvgIpc) is 2.73. The second-order valence-electron chi connectivity index (χ2n) is 8.48. The summed E-state index contributed by atoms with van der Waals surface area (Å²) in [7, 11) is 0. The second-order valence-corrected chi connectivity index (χ2v) is 8.48. The third-order valence-electron chi connectivity index (χ3n) is 6.62. The van der Waals surface area contributed by atoms with Gasteiger partial charge in [-0.05, 0) is 55.7 Å². The van der Waals surface area contributed by atoms with Gasteiger partial charge in [-0.1, -0.05) is 30.3 Å². The summed E-state index contributed by atoms with van der Waals surface area (Å²) in [5.74, 6) is 1.06. The molecule has 2 unspecified atom stereocenters. The summed E-state index contributed by atoms with van der Waals surface area (Å²) in [6.07, 6.45) is 5.63. The molecule has 1 aliphatic carbocycles. The van der Waals surface area contributed by atoms with Gasteiger partial charge in [0.2, 0.25) is 0 Å². The molecule has 4 nitrogen and oxygen atoms in total. The van der Waals surface area contributed by atoms with Crippen LogP contribution in [0.3, 0.4) is 0 Å². The Bertz CT molecular complexity index is 943. The molecule has 6 rings (SSSR count). The predicted octanol–water partition coefficient (Wildman–Crippen LogP) is 4.26. The fourth-order valence-electron chi connectivity index (χ4n) is 5.15. The lowest BCUT2D eigenvalue weighted by molar-refractivity contribution is -0.00237. The van der Waals surface area contributed by atoms with Crippen LogP contribution in [0, 0.1) is 0 Å². The van der Waals surface area contributed by atoms with Gasteiger partial charge in [0, 0.05) is 49.1 Å². The molecule has 1 spiro atoms. The lowest BCUT2D eigenvalue weighted by atomic mass is 9.70. The zero-order valence-electron chi connectivity index (χ0n) is 17.2. The number of hydrogen-bond acceptors (Lipinski definition) is 3. The van der Waals surface area contributed by atoms with Gasteiger partial charge in [0.25, 0.3) is 5.91 Å². The van der Waals surface area contributed by atoms with Crippen molar-refractivity contribution in [2.45, 2.75) is 50.8 Å². The molecule has 150 valence electrons. The third kappa shape index (κ3) is 3.16. The van der Waals surface area contributed by atoms with E-state index >= 15 is 0 Å². The van der Waals surface area contributed by atoms with Crippen molar-refractivity contribution in [1.29, 1.82) is 0 Å². The van der Waals surface area contributed by atoms with Crippen LogP contribution in [0.25, 0.3) is 5.57 Å². The van der Waals surface area contributed by atoms with Crippen molar-refractivity contribution in [3.8, 4) is 5.75 Å². The van der Waals surface area contributed by atoms with E-state index in [0.717, 1.165) is 48.4 Å². The number of para-hydroxylation sites is 1. The quantitative estimate of drug-likeness (QED) is 0.851. The number of hydrogen-bond donors (Lipinski definition) is 1. The summed E-state index contributed by atoms with van der Waals surface area (Å²) in [5, 5.41) is 3.62. The van der Waals surface area contributed by atoms with Crippen LogP contribution in [-0.2, 0) is 0 Å². The molecule has 1 saturated carbocycles. The van der Waals surface area contributed by atoms with Gasteiger partial charge >= 0.3 is 0 Å². The van der Waals surface area contributed by atoms with Crippen molar-refractivity contribution >= 4 is 11.5 Å². The van der Waals surface area contributed by atoms with Crippen LogP contribution in [0.5, 0.6) is 5.75 Å². The van der Waals surface area contributed by atoms with Gasteiger partial charge in [0.15, 0.2) is 0 Å². The Hall–Kier alpha value is -2.59. The first-order valence-corrected chi connectivity index (χ1v) is 10.8. The van der Waals surface area contributed by atoms with Gasteiger partial charge < -0.3 is 15.0 Å². The Morgan fingerprint density at radius 1 is 1.07 bits per heavy atom. The van der Waals surface area contributed by atoms with Crippen molar-refractivity contribution in [2.75, 3.05) is 13.1 Å². The number of ether oxygens (including phenoxy) is 1. The van der Waals surface area contributed by atoms with Crippen LogP contribution in [0.4, 0.5) is 0 Å². The molecule has 1 amide bonds. The summed E-state index contributed by atoms with van der Waals surface area (Å²) in [6.45, 7) is 5.49. The van der Waals surface area contributed by atoms with Crippen LogP contribution in [0.2, 0.25) is 0 Å². The number of fused-ring (bicyclic) bond motifs is 1. The molecule has 3 aliphatic heterocycles. The largest absolute Gasteiger partial charge is 0.482 e. The van der Waals surface area contributed by atoms with Gasteiger partial charge in [-0.3, -0.25) is 4.79 Å². The molecule has 1 N–H and O–H groups in total. The molecular formula is C25H28N2O2. The molecule has 2 bridgehead atoms. The van der Waals surface area contributed by atoms with Crippen LogP contribution in [0.15, 0.2) is 54.6 Å². The maximum absolute atomic E-state index is 12.7. The van der Waals surface area contributed by atoms with Gasteiger partial charge in [-0.25, -0.2) is 0 Å². The molecule has 29 heavy (non-hydrogen) atoms. The number of piperidine rings is 1. The van der Waals surface area contributed by atoms with Crippen molar-refractivity contribution in [2.24, 2.45) is 0 Å². The lowest BCUT2D eigenvalue weighted by Gasteiger charge is -2.53. The zero-order chi connectivity index (χ0) is 20.0. The number of amides is 1. The SMILES string of the molecule is CCN(CC)C(=O)c1ccc(C2=CC3(CC4CC(C3)N4)Oc3ccccc32)cc1. The predicted molar refractivity (Wildman–Crippen MR) is 115 cm³/mol. The smallest absolute Gasteiger partial charge is 0.253 e. The molecule has 2 saturated heterocycles. The van der Waals surface area contributed by atoms with Crippen molar-refractivity contribution in [1.82, 2.24) is 10.2 Å². The normalized spacial score (nSPS) is 26.8. The summed E-state index contributed by atoms with van der Waals surface area (Å²) in [6, 6.07) is 17.5. The van der Waals surface area contributed by atoms with Crippen LogP contribution < -0.4 is 10.1 Å². The highest BCUT2D eigenvalue weighted by Crippen LogP contribution is 2.47. The number of carbonyl (C=O) groups excluding carboxylic acids is 1. The monoisotopic (exact) mass is 388 g/mol. The molecular weight excluding hydrogens is 360 g/mol. The molecule has 0 radical (unpaired) electrons. The fraction of sp³-hybridized carbons (Fsp3) is 0.400. The van der Waals surface area contributed by atoms with Crippen molar-refractivity contribution in [3.05, 3.63) is 71.3 Å². The van der Waals surface area contributed by atoms with Crippen LogP contribution in [-0.4, -0.2) is 41.6 Å². The summed E-state index contributed by atoms with van der Waals surface area (Å²) in [4.78, 5) is 14.5. The van der Waals surface area contributed by atoms with E-state index in [1.54, 1.807) is 0 Å². The van der Waals surface area contributed by atoms with E-state index in [1.165, 1.54) is 12.0 Å². The molecule has 4 aliphatic rings. The molecule has 4 heteroatoms. The fourth-order valence-corrected chi connectivity index (χ4v) is 5.15. The van der Waals surface area contributed by atoms with Crippen molar-refractivity contribution in [3.63, 3.8) is 0 Å². The van der Waals surface area contributed by atoms with Crippen molar-refractivity contribution < 1.29 is 9.53 Å². The first kappa shape index (κ1) is 18.4. The van der Waals surface area contributed by atoms with Gasteiger partial charge in [0.1, 0.15) is 11.4 Å². The molecule has 3 fully saturated rings. The number of nitrogens with one attached hydrogen (secondary N) is 1. The molecule has 3 heterocycles. The molecule has 2 aromatic rings. The minimum absolute atomic E-state index is 0.0952. The standard InChI is InChI=1S/C25H28N2O2/c1-3-27(4-2)24(28)18-11-9-17(10-12-18)22-16-25(14-19-13-20(15-25)26-19)29-23-8-6-5-7-21(22)23/h5-12,16,19-20,26H,3-4,13-15H2,1-2H3. The highest BCUT2D eigenvalue weighted by molar-refractivity contribution is 5.95. The molecule has 0 aromatic heterocycles. The molecule has 2 aromatic carbocycles. The average molecular weight is 389 g/mol. The highest BCUT2D eigenvalue weighted by Gasteiger charge is 2.49. The number of rotatable bonds is 4. The first-order chi connectivity index (χ1) is 14.1. The van der Waals surface area contributed by atoms with E-state index in [0.29, 0.717) is 12.1 Å². The van der Waals surface area contributed by atoms with Crippen LogP contribution >= 0.6 is 0 Å². The molecule has 2 atom stereocenters. The zero-order valence-corrected chi connectivity index (χ0v) is 17.2. The number of nitrogens with zero attached hydrogens (tertiary/aromatic N) is 1. The Morgan fingerprint density at radius 3 is 2.38 bits per heavy atom. The minimum Gasteiger partial charge on any atom is -0.482 e. The van der Waals surface area contributed by atoms with E-state index < -0.39 is 0 Å². The summed E-state index contributed by atoms with van der Waals surface area (Å²) < 4.78 is 6.56. The van der Waals surface area contributed by atoms with Gasteiger partial charge in [-0.2, -0.15) is 0 Å². The Kier molecular flexibility index (Phi) is 4.47. The summed E-state index contributed by atoms with van der Waals surface area (Å²) in [5.41, 5.74) is 4.01. The maximum Gasteiger partial charge on any atom is 0.253 e. The number of benzene rings is 2.